The molecule has 100 valence electrons. The van der Waals surface area contributed by atoms with Crippen molar-refractivity contribution in [2.45, 2.75) is 44.6 Å². The van der Waals surface area contributed by atoms with Crippen molar-refractivity contribution in [3.8, 4) is 6.07 Å². The molecule has 4 aliphatic rings. The van der Waals surface area contributed by atoms with Crippen molar-refractivity contribution < 1.29 is 0 Å². The molecule has 0 radical (unpaired) electrons. The summed E-state index contributed by atoms with van der Waals surface area (Å²) in [6.07, 6.45) is 9.86. The van der Waals surface area contributed by atoms with E-state index in [0.29, 0.717) is 0 Å². The van der Waals surface area contributed by atoms with Crippen LogP contribution in [-0.2, 0) is 0 Å². The first kappa shape index (κ1) is 11.7. The van der Waals surface area contributed by atoms with Gasteiger partial charge in [0.25, 0.3) is 0 Å². The molecule has 1 atom stereocenters. The topological polar surface area (TPSA) is 48.7 Å². The highest BCUT2D eigenvalue weighted by molar-refractivity contribution is 7.13. The van der Waals surface area contributed by atoms with Crippen LogP contribution >= 0.6 is 11.3 Å². The molecule has 0 aromatic carbocycles. The zero-order valence-electron chi connectivity index (χ0n) is 11.0. The van der Waals surface area contributed by atoms with E-state index in [2.05, 4.69) is 16.4 Å². The lowest BCUT2D eigenvalue weighted by atomic mass is 9.48. The molecule has 4 heteroatoms. The molecule has 0 aliphatic heterocycles. The summed E-state index contributed by atoms with van der Waals surface area (Å²) < 4.78 is 0. The Hall–Kier alpha value is -1.08. The van der Waals surface area contributed by atoms with E-state index in [-0.39, 0.29) is 11.5 Å². The summed E-state index contributed by atoms with van der Waals surface area (Å²) in [5, 5.41) is 15.9. The van der Waals surface area contributed by atoms with E-state index in [4.69, 9.17) is 0 Å². The Labute approximate surface area is 118 Å². The third kappa shape index (κ3) is 1.87. The highest BCUT2D eigenvalue weighted by Crippen LogP contribution is 2.61. The van der Waals surface area contributed by atoms with Crippen molar-refractivity contribution >= 4 is 16.5 Å². The second-order valence-electron chi connectivity index (χ2n) is 6.82. The molecule has 1 unspecified atom stereocenters. The van der Waals surface area contributed by atoms with Gasteiger partial charge in [-0.15, -0.1) is 11.3 Å². The fraction of sp³-hybridized carbons (Fsp3) is 0.733. The van der Waals surface area contributed by atoms with E-state index >= 15 is 0 Å². The Morgan fingerprint density at radius 1 is 1.26 bits per heavy atom. The van der Waals surface area contributed by atoms with Crippen molar-refractivity contribution in [1.29, 1.82) is 5.26 Å². The molecule has 1 heterocycles. The first-order valence-corrected chi connectivity index (χ1v) is 8.21. The summed E-state index contributed by atoms with van der Waals surface area (Å²) in [6, 6.07) is 2.50. The lowest BCUT2D eigenvalue weighted by molar-refractivity contribution is -0.0547. The zero-order valence-corrected chi connectivity index (χ0v) is 11.8. The fourth-order valence-corrected chi connectivity index (χ4v) is 5.83. The Kier molecular flexibility index (Phi) is 2.60. The number of hydrogen-bond donors (Lipinski definition) is 1. The number of rotatable bonds is 3. The molecule has 19 heavy (non-hydrogen) atoms. The maximum Gasteiger partial charge on any atom is 0.183 e. The molecular weight excluding hydrogens is 254 g/mol. The molecule has 3 nitrogen and oxygen atoms in total. The molecule has 0 spiro atoms. The molecule has 0 saturated heterocycles. The van der Waals surface area contributed by atoms with Crippen LogP contribution in [0.3, 0.4) is 0 Å². The summed E-state index contributed by atoms with van der Waals surface area (Å²) in [4.78, 5) is 4.29. The lowest BCUT2D eigenvalue weighted by Crippen LogP contribution is -2.53. The lowest BCUT2D eigenvalue weighted by Gasteiger charge is -2.58. The molecule has 5 rings (SSSR count). The van der Waals surface area contributed by atoms with Gasteiger partial charge >= 0.3 is 0 Å². The van der Waals surface area contributed by atoms with E-state index in [1.807, 2.05) is 5.38 Å². The summed E-state index contributed by atoms with van der Waals surface area (Å²) in [7, 11) is 0. The average molecular weight is 273 g/mol. The molecule has 1 aromatic heterocycles. The van der Waals surface area contributed by atoms with Gasteiger partial charge in [-0.25, -0.2) is 4.98 Å². The van der Waals surface area contributed by atoms with Gasteiger partial charge in [-0.05, 0) is 56.3 Å². The maximum atomic E-state index is 9.65. The van der Waals surface area contributed by atoms with Crippen LogP contribution in [0.5, 0.6) is 0 Å². The van der Waals surface area contributed by atoms with Gasteiger partial charge in [0.05, 0.1) is 6.07 Å². The minimum absolute atomic E-state index is 0.0490. The van der Waals surface area contributed by atoms with E-state index in [1.165, 1.54) is 38.5 Å². The third-order valence-electron chi connectivity index (χ3n) is 5.53. The van der Waals surface area contributed by atoms with Gasteiger partial charge in [-0.1, -0.05) is 0 Å². The predicted octanol–water partition coefficient (Wildman–Crippen LogP) is 3.66. The highest BCUT2D eigenvalue weighted by atomic mass is 32.1. The molecule has 1 aromatic rings. The molecule has 1 N–H and O–H groups in total. The fourth-order valence-electron chi connectivity index (χ4n) is 5.27. The van der Waals surface area contributed by atoms with Crippen LogP contribution in [0, 0.1) is 34.5 Å². The van der Waals surface area contributed by atoms with Gasteiger partial charge in [0.15, 0.2) is 5.13 Å². The van der Waals surface area contributed by atoms with E-state index in [9.17, 15) is 5.26 Å². The highest BCUT2D eigenvalue weighted by Gasteiger charge is 2.54. The van der Waals surface area contributed by atoms with Gasteiger partial charge in [0, 0.05) is 17.0 Å². The van der Waals surface area contributed by atoms with Crippen molar-refractivity contribution in [3.05, 3.63) is 11.6 Å². The minimum atomic E-state index is -0.0490. The quantitative estimate of drug-likeness (QED) is 0.914. The van der Waals surface area contributed by atoms with E-state index in [0.717, 1.165) is 22.9 Å². The number of anilines is 1. The number of nitrogens with one attached hydrogen (secondary N) is 1. The predicted molar refractivity (Wildman–Crippen MR) is 75.7 cm³/mol. The number of hydrogen-bond acceptors (Lipinski definition) is 4. The number of nitrogens with zero attached hydrogens (tertiary/aromatic N) is 2. The van der Waals surface area contributed by atoms with Gasteiger partial charge in [0.1, 0.15) is 6.04 Å². The van der Waals surface area contributed by atoms with Crippen molar-refractivity contribution in [3.63, 3.8) is 0 Å². The van der Waals surface area contributed by atoms with Crippen LogP contribution in [0.15, 0.2) is 11.6 Å². The molecular formula is C15H19N3S. The van der Waals surface area contributed by atoms with Gasteiger partial charge in [-0.3, -0.25) is 0 Å². The van der Waals surface area contributed by atoms with Crippen LogP contribution in [0.1, 0.15) is 38.5 Å². The largest absolute Gasteiger partial charge is 0.345 e. The molecule has 0 amide bonds. The number of nitriles is 1. The Bertz CT molecular complexity index is 467. The Morgan fingerprint density at radius 2 is 1.89 bits per heavy atom. The smallest absolute Gasteiger partial charge is 0.183 e. The SMILES string of the molecule is N#CC(Nc1nccs1)C12CC3CC(CC(C3)C1)C2. The molecule has 4 fully saturated rings. The first-order chi connectivity index (χ1) is 9.27. The second kappa shape index (κ2) is 4.21. The number of aromatic nitrogens is 1. The van der Waals surface area contributed by atoms with Gasteiger partial charge < -0.3 is 5.32 Å². The van der Waals surface area contributed by atoms with Crippen molar-refractivity contribution in [2.24, 2.45) is 23.2 Å². The molecule has 4 aliphatic carbocycles. The maximum absolute atomic E-state index is 9.65. The Morgan fingerprint density at radius 3 is 2.37 bits per heavy atom. The first-order valence-electron chi connectivity index (χ1n) is 7.33. The van der Waals surface area contributed by atoms with Crippen LogP contribution in [0.2, 0.25) is 0 Å². The number of thiazole rings is 1. The summed E-state index contributed by atoms with van der Waals surface area (Å²) in [5.74, 6) is 2.67. The second-order valence-corrected chi connectivity index (χ2v) is 7.72. The van der Waals surface area contributed by atoms with Crippen LogP contribution in [-0.4, -0.2) is 11.0 Å². The van der Waals surface area contributed by atoms with E-state index in [1.54, 1.807) is 17.5 Å². The molecule has 4 bridgehead atoms. The van der Waals surface area contributed by atoms with Crippen LogP contribution in [0.25, 0.3) is 0 Å². The van der Waals surface area contributed by atoms with Crippen LogP contribution < -0.4 is 5.32 Å². The van der Waals surface area contributed by atoms with E-state index < -0.39 is 0 Å². The summed E-state index contributed by atoms with van der Waals surface area (Å²) >= 11 is 1.60. The monoisotopic (exact) mass is 273 g/mol. The van der Waals surface area contributed by atoms with Crippen molar-refractivity contribution in [2.75, 3.05) is 5.32 Å². The zero-order chi connectivity index (χ0) is 12.9. The summed E-state index contributed by atoms with van der Waals surface area (Å²) in [5.41, 5.74) is 0.231. The normalized spacial score (nSPS) is 40.9. The van der Waals surface area contributed by atoms with Gasteiger partial charge in [0.2, 0.25) is 0 Å². The van der Waals surface area contributed by atoms with Crippen LogP contribution in [0.4, 0.5) is 5.13 Å². The standard InChI is InChI=1S/C15H19N3S/c16-9-13(18-14-17-1-2-19-14)15-6-10-3-11(7-15)5-12(4-10)8-15/h1-2,10-13H,3-8H2,(H,17,18). The third-order valence-corrected chi connectivity index (χ3v) is 6.23. The Balaban J connectivity index is 1.61. The summed E-state index contributed by atoms with van der Waals surface area (Å²) in [6.45, 7) is 0. The minimum Gasteiger partial charge on any atom is -0.345 e. The molecule has 4 saturated carbocycles. The average Bonchev–Trinajstić information content (AvgIpc) is 2.87. The van der Waals surface area contributed by atoms with Crippen molar-refractivity contribution in [1.82, 2.24) is 4.98 Å². The van der Waals surface area contributed by atoms with Gasteiger partial charge in [-0.2, -0.15) is 5.26 Å².